The largest absolute Gasteiger partial charge is 0.478 e. The quantitative estimate of drug-likeness (QED) is 0.716. The minimum absolute atomic E-state index is 0.0287. The summed E-state index contributed by atoms with van der Waals surface area (Å²) in [5.74, 6) is -0.196. The Bertz CT molecular complexity index is 839. The first-order chi connectivity index (χ1) is 11.0. The van der Waals surface area contributed by atoms with Crippen molar-refractivity contribution in [1.82, 2.24) is 0 Å². The van der Waals surface area contributed by atoms with E-state index in [1.807, 2.05) is 0 Å². The Kier molecular flexibility index (Phi) is 4.08. The molecule has 1 aliphatic heterocycles. The molecular formula is C15H13FN2O4S. The zero-order valence-electron chi connectivity index (χ0n) is 11.9. The van der Waals surface area contributed by atoms with E-state index in [0.29, 0.717) is 0 Å². The molecule has 8 heteroatoms. The van der Waals surface area contributed by atoms with Crippen molar-refractivity contribution < 1.29 is 14.3 Å². The standard InChI is InChI=1S/C15H13FN2O4S/c16-7-1-2-10(9(5-7)15(21)22)18-12-11(13(19)14(12)20)17-8-3-4-23-6-8/h1-2,5,8,17-18H,3-4,6H2,(H,21,22)/t8-/m0/s1. The zero-order valence-corrected chi connectivity index (χ0v) is 12.7. The molecule has 1 fully saturated rings. The Labute approximate surface area is 134 Å². The molecule has 2 aromatic rings. The number of anilines is 3. The van der Waals surface area contributed by atoms with Gasteiger partial charge in [-0.25, -0.2) is 9.18 Å². The molecule has 1 heterocycles. The summed E-state index contributed by atoms with van der Waals surface area (Å²) in [7, 11) is 0. The van der Waals surface area contributed by atoms with Crippen LogP contribution in [0.15, 0.2) is 27.8 Å². The van der Waals surface area contributed by atoms with E-state index in [-0.39, 0.29) is 28.7 Å². The number of carboxylic acids is 1. The van der Waals surface area contributed by atoms with E-state index < -0.39 is 22.6 Å². The Hall–Kier alpha value is -2.35. The number of hydrogen-bond donors (Lipinski definition) is 3. The van der Waals surface area contributed by atoms with Gasteiger partial charge in [-0.1, -0.05) is 0 Å². The summed E-state index contributed by atoms with van der Waals surface area (Å²) >= 11 is 1.75. The summed E-state index contributed by atoms with van der Waals surface area (Å²) in [6.45, 7) is 0. The van der Waals surface area contributed by atoms with Crippen LogP contribution in [0.1, 0.15) is 16.8 Å². The highest BCUT2D eigenvalue weighted by Crippen LogP contribution is 2.27. The van der Waals surface area contributed by atoms with E-state index in [1.165, 1.54) is 6.07 Å². The molecule has 0 aromatic heterocycles. The molecule has 1 aliphatic rings. The Morgan fingerprint density at radius 2 is 2.00 bits per heavy atom. The minimum Gasteiger partial charge on any atom is -0.478 e. The molecule has 0 bridgehead atoms. The van der Waals surface area contributed by atoms with Gasteiger partial charge in [0.25, 0.3) is 10.9 Å². The highest BCUT2D eigenvalue weighted by atomic mass is 32.2. The molecule has 0 saturated carbocycles. The van der Waals surface area contributed by atoms with Gasteiger partial charge in [-0.2, -0.15) is 11.8 Å². The molecule has 0 radical (unpaired) electrons. The van der Waals surface area contributed by atoms with E-state index >= 15 is 0 Å². The second-order valence-corrected chi connectivity index (χ2v) is 6.38. The Morgan fingerprint density at radius 3 is 2.65 bits per heavy atom. The van der Waals surface area contributed by atoms with Crippen LogP contribution in [0, 0.1) is 5.82 Å². The first-order valence-electron chi connectivity index (χ1n) is 6.95. The minimum atomic E-state index is -1.33. The number of aromatic carboxylic acids is 1. The second-order valence-electron chi connectivity index (χ2n) is 5.23. The molecule has 3 rings (SSSR count). The lowest BCUT2D eigenvalue weighted by Crippen LogP contribution is -2.39. The number of rotatable bonds is 5. The van der Waals surface area contributed by atoms with Crippen LogP contribution in [-0.4, -0.2) is 28.6 Å². The van der Waals surface area contributed by atoms with E-state index in [4.69, 9.17) is 5.11 Å². The fourth-order valence-electron chi connectivity index (χ4n) is 2.44. The molecule has 1 saturated heterocycles. The molecule has 0 aliphatic carbocycles. The first-order valence-corrected chi connectivity index (χ1v) is 8.10. The van der Waals surface area contributed by atoms with Crippen LogP contribution in [0.2, 0.25) is 0 Å². The van der Waals surface area contributed by atoms with Crippen molar-refractivity contribution in [3.63, 3.8) is 0 Å². The molecule has 0 amide bonds. The highest BCUT2D eigenvalue weighted by molar-refractivity contribution is 7.99. The monoisotopic (exact) mass is 336 g/mol. The number of halogens is 1. The van der Waals surface area contributed by atoms with Crippen molar-refractivity contribution in [2.75, 3.05) is 22.1 Å². The highest BCUT2D eigenvalue weighted by Gasteiger charge is 2.26. The van der Waals surface area contributed by atoms with Crippen molar-refractivity contribution in [3.8, 4) is 0 Å². The number of carbonyl (C=O) groups is 1. The average Bonchev–Trinajstić information content (AvgIpc) is 3.04. The third-order valence-electron chi connectivity index (χ3n) is 3.66. The smallest absolute Gasteiger partial charge is 0.337 e. The topological polar surface area (TPSA) is 95.5 Å². The van der Waals surface area contributed by atoms with Crippen molar-refractivity contribution in [2.45, 2.75) is 12.5 Å². The summed E-state index contributed by atoms with van der Waals surface area (Å²) in [5, 5.41) is 14.8. The number of carboxylic acid groups (broad SMARTS) is 1. The molecular weight excluding hydrogens is 323 g/mol. The predicted molar refractivity (Wildman–Crippen MR) is 87.3 cm³/mol. The maximum Gasteiger partial charge on any atom is 0.337 e. The van der Waals surface area contributed by atoms with Crippen LogP contribution >= 0.6 is 11.8 Å². The molecule has 0 unspecified atom stereocenters. The van der Waals surface area contributed by atoms with Crippen LogP contribution in [-0.2, 0) is 0 Å². The van der Waals surface area contributed by atoms with Gasteiger partial charge in [-0.05, 0) is 30.4 Å². The molecule has 2 aromatic carbocycles. The molecule has 1 atom stereocenters. The average molecular weight is 336 g/mol. The van der Waals surface area contributed by atoms with E-state index in [2.05, 4.69) is 10.6 Å². The maximum absolute atomic E-state index is 13.2. The summed E-state index contributed by atoms with van der Waals surface area (Å²) in [6.07, 6.45) is 0.889. The van der Waals surface area contributed by atoms with Gasteiger partial charge in [0, 0.05) is 11.8 Å². The summed E-state index contributed by atoms with van der Waals surface area (Å²) in [6, 6.07) is 3.28. The van der Waals surface area contributed by atoms with Gasteiger partial charge in [-0.3, -0.25) is 9.59 Å². The summed E-state index contributed by atoms with van der Waals surface area (Å²) < 4.78 is 13.2. The summed E-state index contributed by atoms with van der Waals surface area (Å²) in [4.78, 5) is 34.7. The van der Waals surface area contributed by atoms with Gasteiger partial charge in [0.2, 0.25) is 0 Å². The van der Waals surface area contributed by atoms with Gasteiger partial charge in [0.05, 0.1) is 11.3 Å². The first kappa shape index (κ1) is 15.5. The molecule has 3 N–H and O–H groups in total. The van der Waals surface area contributed by atoms with Crippen molar-refractivity contribution in [3.05, 3.63) is 50.0 Å². The molecule has 23 heavy (non-hydrogen) atoms. The van der Waals surface area contributed by atoms with Gasteiger partial charge in [0.15, 0.2) is 0 Å². The van der Waals surface area contributed by atoms with Gasteiger partial charge in [-0.15, -0.1) is 0 Å². The Balaban J connectivity index is 1.89. The lowest BCUT2D eigenvalue weighted by molar-refractivity contribution is 0.0697. The lowest BCUT2D eigenvalue weighted by atomic mass is 10.1. The van der Waals surface area contributed by atoms with Crippen LogP contribution in [0.3, 0.4) is 0 Å². The fraction of sp³-hybridized carbons (Fsp3) is 0.267. The van der Waals surface area contributed by atoms with Gasteiger partial charge < -0.3 is 15.7 Å². The second kappa shape index (κ2) is 6.04. The van der Waals surface area contributed by atoms with Crippen LogP contribution in [0.5, 0.6) is 0 Å². The van der Waals surface area contributed by atoms with Crippen LogP contribution < -0.4 is 21.5 Å². The van der Waals surface area contributed by atoms with Gasteiger partial charge >= 0.3 is 5.97 Å². The molecule has 6 nitrogen and oxygen atoms in total. The van der Waals surface area contributed by atoms with Crippen molar-refractivity contribution in [2.24, 2.45) is 0 Å². The predicted octanol–water partition coefficient (Wildman–Crippen LogP) is 1.78. The van der Waals surface area contributed by atoms with Crippen molar-refractivity contribution >= 4 is 34.8 Å². The lowest BCUT2D eigenvalue weighted by Gasteiger charge is -2.19. The van der Waals surface area contributed by atoms with Crippen LogP contribution in [0.25, 0.3) is 0 Å². The van der Waals surface area contributed by atoms with Crippen molar-refractivity contribution in [1.29, 1.82) is 0 Å². The van der Waals surface area contributed by atoms with E-state index in [9.17, 15) is 18.8 Å². The zero-order chi connectivity index (χ0) is 16.6. The number of nitrogens with one attached hydrogen (secondary N) is 2. The normalized spacial score (nSPS) is 17.3. The van der Waals surface area contributed by atoms with E-state index in [1.54, 1.807) is 11.8 Å². The third kappa shape index (κ3) is 2.94. The maximum atomic E-state index is 13.2. The third-order valence-corrected chi connectivity index (χ3v) is 4.82. The number of hydrogen-bond acceptors (Lipinski definition) is 6. The SMILES string of the molecule is O=C(O)c1cc(F)ccc1Nc1c(N[C@H]2CCSC2)c(=O)c1=O. The Morgan fingerprint density at radius 1 is 1.26 bits per heavy atom. The van der Waals surface area contributed by atoms with Crippen LogP contribution in [0.4, 0.5) is 21.5 Å². The number of thioether (sulfide) groups is 1. The summed E-state index contributed by atoms with van der Waals surface area (Å²) in [5.41, 5.74) is -1.37. The molecule has 120 valence electrons. The van der Waals surface area contributed by atoms with Gasteiger partial charge in [0.1, 0.15) is 17.2 Å². The molecule has 0 spiro atoms. The number of benzene rings is 1. The fourth-order valence-corrected chi connectivity index (χ4v) is 3.59. The van der Waals surface area contributed by atoms with E-state index in [0.717, 1.165) is 30.1 Å².